The van der Waals surface area contributed by atoms with Crippen molar-refractivity contribution in [2.75, 3.05) is 5.32 Å². The van der Waals surface area contributed by atoms with Gasteiger partial charge in [-0.15, -0.1) is 0 Å². The molecule has 0 radical (unpaired) electrons. The van der Waals surface area contributed by atoms with Crippen LogP contribution in [0, 0.1) is 13.8 Å². The number of aryl methyl sites for hydroxylation is 1. The molecule has 1 aromatic carbocycles. The molecule has 0 unspecified atom stereocenters. The lowest BCUT2D eigenvalue weighted by Crippen LogP contribution is -2.12. The van der Waals surface area contributed by atoms with Crippen LogP contribution < -0.4 is 10.5 Å². The molecule has 0 spiro atoms. The molecule has 6 nitrogen and oxygen atoms in total. The molecule has 0 amide bonds. The van der Waals surface area contributed by atoms with Crippen LogP contribution >= 0.6 is 11.6 Å². The van der Waals surface area contributed by atoms with Crippen molar-refractivity contribution in [1.29, 1.82) is 0 Å². The lowest BCUT2D eigenvalue weighted by molar-refractivity contribution is 0.598. The Bertz CT molecular complexity index is 760. The van der Waals surface area contributed by atoms with Crippen LogP contribution in [0.1, 0.15) is 17.0 Å². The number of nitrogens with zero attached hydrogens (tertiary/aromatic N) is 2. The second-order valence-corrected chi connectivity index (χ2v) is 6.50. The molecule has 2 rings (SSSR count). The maximum Gasteiger partial charge on any atom is 0.238 e. The second-order valence-electron chi connectivity index (χ2n) is 4.58. The van der Waals surface area contributed by atoms with Gasteiger partial charge in [0.2, 0.25) is 10.0 Å². The highest BCUT2D eigenvalue weighted by atomic mass is 35.5. The van der Waals surface area contributed by atoms with E-state index < -0.39 is 10.0 Å². The number of sulfonamides is 1. The van der Waals surface area contributed by atoms with Crippen molar-refractivity contribution in [3.8, 4) is 0 Å². The lowest BCUT2D eigenvalue weighted by Gasteiger charge is -2.10. The number of halogens is 1. The highest BCUT2D eigenvalue weighted by Gasteiger charge is 2.09. The third-order valence-electron chi connectivity index (χ3n) is 2.91. The van der Waals surface area contributed by atoms with E-state index in [2.05, 4.69) is 15.3 Å². The molecular weight excluding hydrogens is 312 g/mol. The topological polar surface area (TPSA) is 98.0 Å². The van der Waals surface area contributed by atoms with Gasteiger partial charge in [-0.1, -0.05) is 23.7 Å². The number of hydrogen-bond acceptors (Lipinski definition) is 5. The van der Waals surface area contributed by atoms with Crippen LogP contribution in [-0.2, 0) is 16.6 Å². The summed E-state index contributed by atoms with van der Waals surface area (Å²) in [5, 5.41) is 8.61. The summed E-state index contributed by atoms with van der Waals surface area (Å²) in [6, 6.07) is 6.32. The number of primary sulfonamides is 1. The molecule has 0 atom stereocenters. The van der Waals surface area contributed by atoms with E-state index in [9.17, 15) is 8.42 Å². The predicted octanol–water partition coefficient (Wildman–Crippen LogP) is 2.01. The molecule has 0 fully saturated rings. The van der Waals surface area contributed by atoms with Gasteiger partial charge in [-0.2, -0.15) is 0 Å². The van der Waals surface area contributed by atoms with Crippen molar-refractivity contribution in [3.05, 3.63) is 46.4 Å². The van der Waals surface area contributed by atoms with Crippen molar-refractivity contribution >= 4 is 27.4 Å². The first-order valence-corrected chi connectivity index (χ1v) is 8.06. The standard InChI is InChI=1S/C13H15ClN4O2S/c1-8-12(14)17-9(2)18-13(8)16-7-10-3-5-11(6-4-10)21(15,19)20/h3-6H,7H2,1-2H3,(H2,15,19,20)(H,16,17,18). The van der Waals surface area contributed by atoms with Gasteiger partial charge in [-0.3, -0.25) is 0 Å². The maximum atomic E-state index is 11.2. The number of aromatic nitrogens is 2. The molecule has 1 heterocycles. The lowest BCUT2D eigenvalue weighted by atomic mass is 10.2. The van der Waals surface area contributed by atoms with Gasteiger partial charge in [-0.25, -0.2) is 23.5 Å². The number of rotatable bonds is 4. The molecule has 8 heteroatoms. The Labute approximate surface area is 128 Å². The average molecular weight is 327 g/mol. The first-order chi connectivity index (χ1) is 9.77. The second kappa shape index (κ2) is 5.97. The zero-order chi connectivity index (χ0) is 15.6. The Morgan fingerprint density at radius 3 is 2.38 bits per heavy atom. The minimum absolute atomic E-state index is 0.0864. The van der Waals surface area contributed by atoms with Gasteiger partial charge in [0.05, 0.1) is 4.90 Å². The van der Waals surface area contributed by atoms with Crippen LogP contribution in [0.3, 0.4) is 0 Å². The SMILES string of the molecule is Cc1nc(Cl)c(C)c(NCc2ccc(S(N)(=O)=O)cc2)n1. The molecule has 0 saturated carbocycles. The zero-order valence-electron chi connectivity index (χ0n) is 11.6. The van der Waals surface area contributed by atoms with Gasteiger partial charge in [0.1, 0.15) is 16.8 Å². The van der Waals surface area contributed by atoms with Crippen molar-refractivity contribution < 1.29 is 8.42 Å². The van der Waals surface area contributed by atoms with Crippen LogP contribution in [-0.4, -0.2) is 18.4 Å². The van der Waals surface area contributed by atoms with E-state index in [1.807, 2.05) is 6.92 Å². The van der Waals surface area contributed by atoms with Crippen LogP contribution in [0.15, 0.2) is 29.2 Å². The molecule has 3 N–H and O–H groups in total. The number of benzene rings is 1. The molecule has 0 aliphatic heterocycles. The summed E-state index contributed by atoms with van der Waals surface area (Å²) < 4.78 is 22.3. The van der Waals surface area contributed by atoms with Gasteiger partial charge < -0.3 is 5.32 Å². The van der Waals surface area contributed by atoms with E-state index >= 15 is 0 Å². The van der Waals surface area contributed by atoms with Gasteiger partial charge in [0, 0.05) is 12.1 Å². The van der Waals surface area contributed by atoms with E-state index in [4.69, 9.17) is 16.7 Å². The van der Waals surface area contributed by atoms with E-state index in [0.717, 1.165) is 11.1 Å². The van der Waals surface area contributed by atoms with Crippen LogP contribution in [0.4, 0.5) is 5.82 Å². The highest BCUT2D eigenvalue weighted by Crippen LogP contribution is 2.20. The summed E-state index contributed by atoms with van der Waals surface area (Å²) in [7, 11) is -3.66. The number of nitrogens with one attached hydrogen (secondary N) is 1. The number of hydrogen-bond donors (Lipinski definition) is 2. The zero-order valence-corrected chi connectivity index (χ0v) is 13.2. The largest absolute Gasteiger partial charge is 0.366 e. The predicted molar refractivity (Wildman–Crippen MR) is 81.7 cm³/mol. The summed E-state index contributed by atoms with van der Waals surface area (Å²) >= 11 is 6.00. The number of anilines is 1. The molecule has 1 aromatic heterocycles. The minimum Gasteiger partial charge on any atom is -0.366 e. The third kappa shape index (κ3) is 3.90. The quantitative estimate of drug-likeness (QED) is 0.837. The molecule has 0 bridgehead atoms. The summed E-state index contributed by atoms with van der Waals surface area (Å²) in [4.78, 5) is 8.43. The molecule has 112 valence electrons. The fraction of sp³-hybridized carbons (Fsp3) is 0.231. The Kier molecular flexibility index (Phi) is 4.46. The molecule has 0 saturated heterocycles. The van der Waals surface area contributed by atoms with Gasteiger partial charge in [0.25, 0.3) is 0 Å². The summed E-state index contributed by atoms with van der Waals surface area (Å²) in [6.07, 6.45) is 0. The summed E-state index contributed by atoms with van der Waals surface area (Å²) in [5.41, 5.74) is 1.66. The van der Waals surface area contributed by atoms with E-state index in [-0.39, 0.29) is 4.90 Å². The van der Waals surface area contributed by atoms with Crippen molar-refractivity contribution in [2.24, 2.45) is 5.14 Å². The Hall–Kier alpha value is -1.70. The monoisotopic (exact) mass is 326 g/mol. The minimum atomic E-state index is -3.66. The Morgan fingerprint density at radius 1 is 1.19 bits per heavy atom. The molecule has 0 aliphatic carbocycles. The summed E-state index contributed by atoms with van der Waals surface area (Å²) in [5.74, 6) is 1.24. The Morgan fingerprint density at radius 2 is 1.81 bits per heavy atom. The van der Waals surface area contributed by atoms with Crippen molar-refractivity contribution in [2.45, 2.75) is 25.3 Å². The van der Waals surface area contributed by atoms with Crippen LogP contribution in [0.5, 0.6) is 0 Å². The smallest absolute Gasteiger partial charge is 0.238 e. The highest BCUT2D eigenvalue weighted by molar-refractivity contribution is 7.89. The normalized spacial score (nSPS) is 11.4. The molecular formula is C13H15ClN4O2S. The van der Waals surface area contributed by atoms with Crippen molar-refractivity contribution in [1.82, 2.24) is 9.97 Å². The maximum absolute atomic E-state index is 11.2. The van der Waals surface area contributed by atoms with Crippen molar-refractivity contribution in [3.63, 3.8) is 0 Å². The Balaban J connectivity index is 2.14. The molecule has 21 heavy (non-hydrogen) atoms. The van der Waals surface area contributed by atoms with E-state index in [1.54, 1.807) is 19.1 Å². The molecule has 2 aromatic rings. The van der Waals surface area contributed by atoms with E-state index in [0.29, 0.717) is 23.3 Å². The van der Waals surface area contributed by atoms with E-state index in [1.165, 1.54) is 12.1 Å². The molecule has 0 aliphatic rings. The third-order valence-corrected chi connectivity index (χ3v) is 4.21. The van der Waals surface area contributed by atoms with Crippen LogP contribution in [0.2, 0.25) is 5.15 Å². The average Bonchev–Trinajstić information content (AvgIpc) is 2.40. The van der Waals surface area contributed by atoms with Gasteiger partial charge in [0.15, 0.2) is 0 Å². The fourth-order valence-electron chi connectivity index (χ4n) is 1.75. The number of nitrogens with two attached hydrogens (primary N) is 1. The first-order valence-electron chi connectivity index (χ1n) is 6.14. The van der Waals surface area contributed by atoms with Gasteiger partial charge in [-0.05, 0) is 31.5 Å². The summed E-state index contributed by atoms with van der Waals surface area (Å²) in [6.45, 7) is 4.07. The fourth-order valence-corrected chi connectivity index (χ4v) is 2.48. The van der Waals surface area contributed by atoms with Crippen LogP contribution in [0.25, 0.3) is 0 Å². The first kappa shape index (κ1) is 15.7. The van der Waals surface area contributed by atoms with Gasteiger partial charge >= 0.3 is 0 Å².